The van der Waals surface area contributed by atoms with Crippen LogP contribution in [0.25, 0.3) is 0 Å². The van der Waals surface area contributed by atoms with Crippen LogP contribution in [0.3, 0.4) is 0 Å². The van der Waals surface area contributed by atoms with Crippen LogP contribution in [0.2, 0.25) is 0 Å². The van der Waals surface area contributed by atoms with E-state index in [9.17, 15) is 5.11 Å². The Morgan fingerprint density at radius 3 is 2.79 bits per heavy atom. The zero-order valence-corrected chi connectivity index (χ0v) is 12.8. The number of methoxy groups -OCH3 is 1. The second-order valence-electron chi connectivity index (χ2n) is 4.32. The van der Waals surface area contributed by atoms with Crippen molar-refractivity contribution in [3.63, 3.8) is 0 Å². The van der Waals surface area contributed by atoms with Crippen molar-refractivity contribution in [2.75, 3.05) is 7.11 Å². The molecule has 0 saturated heterocycles. The molecule has 0 amide bonds. The quantitative estimate of drug-likeness (QED) is 0.940. The summed E-state index contributed by atoms with van der Waals surface area (Å²) in [6, 6.07) is 5.82. The number of ether oxygens (including phenoxy) is 1. The van der Waals surface area contributed by atoms with Gasteiger partial charge >= 0.3 is 0 Å². The molecule has 102 valence electrons. The fourth-order valence-electron chi connectivity index (χ4n) is 2.16. The molecule has 0 aliphatic rings. The molecule has 1 aromatic carbocycles. The number of nitrogens with zero attached hydrogens (tertiary/aromatic N) is 2. The van der Waals surface area contributed by atoms with E-state index in [-0.39, 0.29) is 0 Å². The lowest BCUT2D eigenvalue weighted by molar-refractivity contribution is 0.202. The first-order chi connectivity index (χ1) is 9.08. The molecule has 1 heterocycles. The number of aryl methyl sites for hydroxylation is 2. The Morgan fingerprint density at radius 2 is 2.21 bits per heavy atom. The fraction of sp³-hybridized carbons (Fsp3) is 0.357. The summed E-state index contributed by atoms with van der Waals surface area (Å²) in [6.07, 6.45) is 0.890. The SMILES string of the molecule is CCn1ncc(OC)c1C(O)c1ccc(Br)cc1C. The molecular formula is C14H17BrN2O2. The van der Waals surface area contributed by atoms with E-state index in [1.807, 2.05) is 32.0 Å². The van der Waals surface area contributed by atoms with Gasteiger partial charge in [0.2, 0.25) is 0 Å². The van der Waals surface area contributed by atoms with Crippen LogP contribution in [-0.2, 0) is 6.54 Å². The minimum atomic E-state index is -0.745. The summed E-state index contributed by atoms with van der Waals surface area (Å²) < 4.78 is 8.03. The average molecular weight is 325 g/mol. The van der Waals surface area contributed by atoms with Gasteiger partial charge in [0.05, 0.1) is 13.3 Å². The van der Waals surface area contributed by atoms with Crippen LogP contribution in [0, 0.1) is 6.92 Å². The fourth-order valence-corrected chi connectivity index (χ4v) is 2.63. The normalized spacial score (nSPS) is 12.5. The van der Waals surface area contributed by atoms with E-state index in [4.69, 9.17) is 4.74 Å². The maximum Gasteiger partial charge on any atom is 0.163 e. The third-order valence-corrected chi connectivity index (χ3v) is 3.64. The van der Waals surface area contributed by atoms with E-state index in [1.54, 1.807) is 18.0 Å². The zero-order chi connectivity index (χ0) is 14.0. The number of benzene rings is 1. The van der Waals surface area contributed by atoms with E-state index < -0.39 is 6.10 Å². The number of hydrogen-bond donors (Lipinski definition) is 1. The van der Waals surface area contributed by atoms with E-state index in [0.717, 1.165) is 15.6 Å². The maximum atomic E-state index is 10.6. The molecule has 2 rings (SSSR count). The van der Waals surface area contributed by atoms with Gasteiger partial charge in [0.15, 0.2) is 5.75 Å². The van der Waals surface area contributed by atoms with Gasteiger partial charge in [0.1, 0.15) is 11.8 Å². The Bertz CT molecular complexity index is 559. The van der Waals surface area contributed by atoms with Gasteiger partial charge in [-0.25, -0.2) is 0 Å². The van der Waals surface area contributed by atoms with Gasteiger partial charge in [0.25, 0.3) is 0 Å². The predicted octanol–water partition coefficient (Wildman–Crippen LogP) is 3.06. The minimum absolute atomic E-state index is 0.608. The van der Waals surface area contributed by atoms with Crippen LogP contribution in [0.5, 0.6) is 5.75 Å². The highest BCUT2D eigenvalue weighted by Gasteiger charge is 2.22. The smallest absolute Gasteiger partial charge is 0.163 e. The van der Waals surface area contributed by atoms with E-state index >= 15 is 0 Å². The third kappa shape index (κ3) is 2.67. The molecule has 0 saturated carbocycles. The van der Waals surface area contributed by atoms with Crippen LogP contribution < -0.4 is 4.74 Å². The minimum Gasteiger partial charge on any atom is -0.493 e. The van der Waals surface area contributed by atoms with Crippen molar-refractivity contribution in [2.45, 2.75) is 26.5 Å². The molecule has 2 aromatic rings. The molecule has 1 unspecified atom stereocenters. The molecular weight excluding hydrogens is 308 g/mol. The molecule has 5 heteroatoms. The van der Waals surface area contributed by atoms with Crippen LogP contribution in [-0.4, -0.2) is 22.0 Å². The lowest BCUT2D eigenvalue weighted by Crippen LogP contribution is -2.11. The molecule has 0 aliphatic carbocycles. The van der Waals surface area contributed by atoms with Crippen LogP contribution in [0.1, 0.15) is 29.8 Å². The number of hydrogen-bond acceptors (Lipinski definition) is 3. The standard InChI is InChI=1S/C14H17BrN2O2/c1-4-17-13(12(19-3)8-16-17)14(18)11-6-5-10(15)7-9(11)2/h5-8,14,18H,4H2,1-3H3. The Balaban J connectivity index is 2.48. The summed E-state index contributed by atoms with van der Waals surface area (Å²) in [4.78, 5) is 0. The predicted molar refractivity (Wildman–Crippen MR) is 77.4 cm³/mol. The number of halogens is 1. The summed E-state index contributed by atoms with van der Waals surface area (Å²) in [5, 5.41) is 14.8. The largest absolute Gasteiger partial charge is 0.493 e. The Hall–Kier alpha value is -1.33. The summed E-state index contributed by atoms with van der Waals surface area (Å²) in [5.41, 5.74) is 2.57. The molecule has 1 aromatic heterocycles. The van der Waals surface area contributed by atoms with Crippen LogP contribution in [0.15, 0.2) is 28.9 Å². The van der Waals surface area contributed by atoms with Gasteiger partial charge in [-0.2, -0.15) is 5.10 Å². The van der Waals surface area contributed by atoms with Gasteiger partial charge in [-0.3, -0.25) is 4.68 Å². The van der Waals surface area contributed by atoms with Gasteiger partial charge in [-0.15, -0.1) is 0 Å². The molecule has 1 atom stereocenters. The van der Waals surface area contributed by atoms with Crippen molar-refractivity contribution >= 4 is 15.9 Å². The van der Waals surface area contributed by atoms with Crippen LogP contribution >= 0.6 is 15.9 Å². The first-order valence-electron chi connectivity index (χ1n) is 6.12. The third-order valence-electron chi connectivity index (χ3n) is 3.15. The van der Waals surface area contributed by atoms with Crippen molar-refractivity contribution in [3.05, 3.63) is 45.7 Å². The van der Waals surface area contributed by atoms with Gasteiger partial charge in [-0.05, 0) is 37.1 Å². The second kappa shape index (κ2) is 5.75. The molecule has 1 N–H and O–H groups in total. The maximum absolute atomic E-state index is 10.6. The molecule has 0 spiro atoms. The van der Waals surface area contributed by atoms with Gasteiger partial charge in [0, 0.05) is 11.0 Å². The topological polar surface area (TPSA) is 47.3 Å². The Morgan fingerprint density at radius 1 is 1.47 bits per heavy atom. The van der Waals surface area contributed by atoms with E-state index in [0.29, 0.717) is 18.0 Å². The molecule has 0 bridgehead atoms. The van der Waals surface area contributed by atoms with Crippen molar-refractivity contribution < 1.29 is 9.84 Å². The first-order valence-corrected chi connectivity index (χ1v) is 6.91. The lowest BCUT2D eigenvalue weighted by Gasteiger charge is -2.16. The molecule has 0 radical (unpaired) electrons. The average Bonchev–Trinajstić information content (AvgIpc) is 2.80. The number of aliphatic hydroxyl groups excluding tert-OH is 1. The van der Waals surface area contributed by atoms with E-state index in [2.05, 4.69) is 21.0 Å². The molecule has 0 aliphatic heterocycles. The van der Waals surface area contributed by atoms with E-state index in [1.165, 1.54) is 0 Å². The summed E-state index contributed by atoms with van der Waals surface area (Å²) in [6.45, 7) is 4.64. The Kier molecular flexibility index (Phi) is 4.27. The molecule has 0 fully saturated rings. The second-order valence-corrected chi connectivity index (χ2v) is 5.23. The molecule has 4 nitrogen and oxygen atoms in total. The number of aliphatic hydroxyl groups is 1. The Labute approximate surface area is 121 Å². The van der Waals surface area contributed by atoms with Gasteiger partial charge in [-0.1, -0.05) is 22.0 Å². The summed E-state index contributed by atoms with van der Waals surface area (Å²) in [7, 11) is 1.58. The van der Waals surface area contributed by atoms with Crippen molar-refractivity contribution in [1.29, 1.82) is 0 Å². The highest BCUT2D eigenvalue weighted by Crippen LogP contribution is 2.32. The zero-order valence-electron chi connectivity index (χ0n) is 11.2. The highest BCUT2D eigenvalue weighted by molar-refractivity contribution is 9.10. The first kappa shape index (κ1) is 14.1. The van der Waals surface area contributed by atoms with Crippen molar-refractivity contribution in [1.82, 2.24) is 9.78 Å². The molecule has 19 heavy (non-hydrogen) atoms. The summed E-state index contributed by atoms with van der Waals surface area (Å²) in [5.74, 6) is 0.608. The lowest BCUT2D eigenvalue weighted by atomic mass is 10.0. The monoisotopic (exact) mass is 324 g/mol. The number of aromatic nitrogens is 2. The summed E-state index contributed by atoms with van der Waals surface area (Å²) >= 11 is 3.43. The van der Waals surface area contributed by atoms with Crippen molar-refractivity contribution in [2.24, 2.45) is 0 Å². The van der Waals surface area contributed by atoms with Gasteiger partial charge < -0.3 is 9.84 Å². The number of rotatable bonds is 4. The highest BCUT2D eigenvalue weighted by atomic mass is 79.9. The van der Waals surface area contributed by atoms with Crippen molar-refractivity contribution in [3.8, 4) is 5.75 Å². The van der Waals surface area contributed by atoms with Crippen LogP contribution in [0.4, 0.5) is 0 Å².